The Hall–Kier alpha value is -6.68. The molecule has 0 aliphatic carbocycles. The number of esters is 1. The van der Waals surface area contributed by atoms with Gasteiger partial charge in [0.2, 0.25) is 0 Å². The van der Waals surface area contributed by atoms with Crippen LogP contribution in [0.5, 0.6) is 0 Å². The third-order valence-electron chi connectivity index (χ3n) is 9.24. The van der Waals surface area contributed by atoms with Crippen molar-refractivity contribution in [2.45, 2.75) is 31.8 Å². The second-order valence-electron chi connectivity index (χ2n) is 12.3. The number of aromatic carboxylic acids is 1. The van der Waals surface area contributed by atoms with E-state index in [1.165, 1.54) is 7.11 Å². The van der Waals surface area contributed by atoms with E-state index in [1.807, 2.05) is 115 Å². The van der Waals surface area contributed by atoms with Crippen molar-refractivity contribution in [1.29, 1.82) is 0 Å². The number of carbonyl (C=O) groups excluding carboxylic acids is 1. The molecular weight excluding hydrogens is 652 g/mol. The number of imidazole rings is 1. The van der Waals surface area contributed by atoms with Crippen molar-refractivity contribution < 1.29 is 19.4 Å². The fraction of sp³-hybridized carbons (Fsp3) is 0.143. The van der Waals surface area contributed by atoms with E-state index in [0.717, 1.165) is 45.4 Å². The Morgan fingerprint density at radius 3 is 1.79 bits per heavy atom. The van der Waals surface area contributed by atoms with E-state index in [0.29, 0.717) is 18.1 Å². The zero-order valence-electron chi connectivity index (χ0n) is 28.8. The van der Waals surface area contributed by atoms with Gasteiger partial charge in [-0.05, 0) is 50.2 Å². The topological polar surface area (TPSA) is 125 Å². The van der Waals surface area contributed by atoms with Gasteiger partial charge in [-0.15, -0.1) is 5.10 Å². The molecular formula is C42H36N6O4. The smallest absolute Gasteiger partial charge is 0.359 e. The first-order chi connectivity index (χ1) is 25.5. The van der Waals surface area contributed by atoms with Gasteiger partial charge >= 0.3 is 11.9 Å². The summed E-state index contributed by atoms with van der Waals surface area (Å²) in [5.41, 5.74) is 5.23. The van der Waals surface area contributed by atoms with Gasteiger partial charge in [-0.2, -0.15) is 0 Å². The quantitative estimate of drug-likeness (QED) is 0.103. The van der Waals surface area contributed by atoms with Crippen LogP contribution in [0.2, 0.25) is 0 Å². The summed E-state index contributed by atoms with van der Waals surface area (Å²) in [4.78, 5) is 29.2. The number of aromatic nitrogens is 6. The highest BCUT2D eigenvalue weighted by Crippen LogP contribution is 2.43. The van der Waals surface area contributed by atoms with E-state index >= 15 is 0 Å². The molecule has 10 heteroatoms. The molecule has 0 atom stereocenters. The highest BCUT2D eigenvalue weighted by Gasteiger charge is 2.42. The van der Waals surface area contributed by atoms with Gasteiger partial charge in [0.1, 0.15) is 11.4 Å². The van der Waals surface area contributed by atoms with Crippen LogP contribution in [0.25, 0.3) is 22.5 Å². The van der Waals surface area contributed by atoms with E-state index < -0.39 is 17.5 Å². The van der Waals surface area contributed by atoms with Crippen molar-refractivity contribution in [3.05, 3.63) is 179 Å². The van der Waals surface area contributed by atoms with Crippen LogP contribution in [0.1, 0.15) is 62.4 Å². The maximum absolute atomic E-state index is 12.4. The van der Waals surface area contributed by atoms with Gasteiger partial charge in [-0.3, -0.25) is 0 Å². The molecule has 52 heavy (non-hydrogen) atoms. The molecule has 1 N–H and O–H groups in total. The third kappa shape index (κ3) is 6.04. The van der Waals surface area contributed by atoms with Gasteiger partial charge < -0.3 is 14.4 Å². The SMILES string of the molecule is CCCc1nc(C(=O)OC)c(C(=O)O)n1Cc1ccc(-c2ccccc2-c2nnnn2C(c2ccccc2)(c2ccccc2)c2ccccc2)cc1. The number of carbonyl (C=O) groups is 2. The van der Waals surface area contributed by atoms with Crippen molar-refractivity contribution in [3.8, 4) is 22.5 Å². The predicted octanol–water partition coefficient (Wildman–Crippen LogP) is 7.53. The van der Waals surface area contributed by atoms with Crippen LogP contribution in [0.15, 0.2) is 140 Å². The number of nitrogens with zero attached hydrogens (tertiary/aromatic N) is 6. The molecule has 2 heterocycles. The van der Waals surface area contributed by atoms with Crippen LogP contribution >= 0.6 is 0 Å². The number of ether oxygens (including phenoxy) is 1. The van der Waals surface area contributed by atoms with Crippen LogP contribution in [-0.2, 0) is 23.2 Å². The summed E-state index contributed by atoms with van der Waals surface area (Å²) in [6.45, 7) is 2.19. The number of carboxylic acids is 1. The standard InChI is InChI=1S/C42H36N6O4/c1-3-15-36-43-37(41(51)52-2)38(40(49)50)47(36)28-29-24-26-30(27-25-29)34-22-13-14-23-35(34)39-44-45-46-48(39)42(31-16-7-4-8-17-31,32-18-9-5-10-19-32)33-20-11-6-12-21-33/h4-14,16-27H,3,15,28H2,1-2H3,(H,49,50). The fourth-order valence-electron chi connectivity index (χ4n) is 6.93. The van der Waals surface area contributed by atoms with Gasteiger partial charge in [-0.25, -0.2) is 19.3 Å². The van der Waals surface area contributed by atoms with Crippen LogP contribution in [0.4, 0.5) is 0 Å². The highest BCUT2D eigenvalue weighted by molar-refractivity contribution is 6.00. The first-order valence-electron chi connectivity index (χ1n) is 17.0. The number of aryl methyl sites for hydroxylation is 1. The van der Waals surface area contributed by atoms with Gasteiger partial charge in [0.05, 0.1) is 7.11 Å². The largest absolute Gasteiger partial charge is 0.476 e. The van der Waals surface area contributed by atoms with Crippen LogP contribution in [0.3, 0.4) is 0 Å². The molecule has 0 fully saturated rings. The van der Waals surface area contributed by atoms with E-state index in [4.69, 9.17) is 9.95 Å². The van der Waals surface area contributed by atoms with Crippen LogP contribution in [0, 0.1) is 0 Å². The number of benzene rings is 5. The predicted molar refractivity (Wildman–Crippen MR) is 197 cm³/mol. The Bertz CT molecular complexity index is 2220. The fourth-order valence-corrected chi connectivity index (χ4v) is 6.93. The minimum atomic E-state index is -1.24. The first kappa shape index (κ1) is 33.8. The third-order valence-corrected chi connectivity index (χ3v) is 9.24. The number of tetrazole rings is 1. The monoisotopic (exact) mass is 688 g/mol. The number of rotatable bonds is 12. The molecule has 0 radical (unpaired) electrons. The van der Waals surface area contributed by atoms with Gasteiger partial charge in [0.25, 0.3) is 0 Å². The Morgan fingerprint density at radius 1 is 0.731 bits per heavy atom. The van der Waals surface area contributed by atoms with E-state index in [9.17, 15) is 14.7 Å². The summed E-state index contributed by atoms with van der Waals surface area (Å²) < 4.78 is 8.35. The normalized spacial score (nSPS) is 11.3. The van der Waals surface area contributed by atoms with Crippen molar-refractivity contribution in [2.24, 2.45) is 0 Å². The maximum atomic E-state index is 12.4. The highest BCUT2D eigenvalue weighted by atomic mass is 16.5. The second-order valence-corrected chi connectivity index (χ2v) is 12.3. The first-order valence-corrected chi connectivity index (χ1v) is 17.0. The van der Waals surface area contributed by atoms with Crippen molar-refractivity contribution >= 4 is 11.9 Å². The molecule has 258 valence electrons. The summed E-state index contributed by atoms with van der Waals surface area (Å²) in [6.07, 6.45) is 1.24. The summed E-state index contributed by atoms with van der Waals surface area (Å²) in [5, 5.41) is 23.7. The average Bonchev–Trinajstić information content (AvgIpc) is 3.82. The number of hydrogen-bond acceptors (Lipinski definition) is 7. The summed E-state index contributed by atoms with van der Waals surface area (Å²) >= 11 is 0. The Labute approximate surface area is 301 Å². The van der Waals surface area contributed by atoms with Gasteiger partial charge in [0.15, 0.2) is 17.2 Å². The minimum absolute atomic E-state index is 0.185. The molecule has 0 saturated carbocycles. The van der Waals surface area contributed by atoms with Crippen LogP contribution < -0.4 is 0 Å². The zero-order valence-corrected chi connectivity index (χ0v) is 28.8. The van der Waals surface area contributed by atoms with Gasteiger partial charge in [-0.1, -0.05) is 146 Å². The lowest BCUT2D eigenvalue weighted by Crippen LogP contribution is -2.39. The Kier molecular flexibility index (Phi) is 9.53. The van der Waals surface area contributed by atoms with Crippen molar-refractivity contribution in [3.63, 3.8) is 0 Å². The van der Waals surface area contributed by atoms with E-state index in [-0.39, 0.29) is 17.9 Å². The molecule has 2 aromatic heterocycles. The lowest BCUT2D eigenvalue weighted by molar-refractivity contribution is 0.0574. The second kappa shape index (κ2) is 14.7. The molecule has 0 spiro atoms. The summed E-state index contributed by atoms with van der Waals surface area (Å²) in [6, 6.07) is 46.7. The van der Waals surface area contributed by atoms with Crippen molar-refractivity contribution in [1.82, 2.24) is 29.8 Å². The zero-order chi connectivity index (χ0) is 36.1. The summed E-state index contributed by atoms with van der Waals surface area (Å²) in [5.74, 6) is -0.921. The van der Waals surface area contributed by atoms with Crippen molar-refractivity contribution in [2.75, 3.05) is 7.11 Å². The molecule has 7 rings (SSSR count). The average molecular weight is 689 g/mol. The molecule has 0 aliphatic rings. The number of carboxylic acid groups (broad SMARTS) is 1. The molecule has 0 amide bonds. The number of hydrogen-bond donors (Lipinski definition) is 1. The molecule has 0 aliphatic heterocycles. The number of methoxy groups -OCH3 is 1. The molecule has 7 aromatic rings. The molecule has 10 nitrogen and oxygen atoms in total. The molecule has 5 aromatic carbocycles. The lowest BCUT2D eigenvalue weighted by atomic mass is 9.77. The summed E-state index contributed by atoms with van der Waals surface area (Å²) in [7, 11) is 1.21. The van der Waals surface area contributed by atoms with Gasteiger partial charge in [0, 0.05) is 18.5 Å². The van der Waals surface area contributed by atoms with Crippen LogP contribution in [-0.4, -0.2) is 53.9 Å². The lowest BCUT2D eigenvalue weighted by Gasteiger charge is -2.36. The molecule has 0 bridgehead atoms. The molecule has 0 unspecified atom stereocenters. The molecule has 0 saturated heterocycles. The van der Waals surface area contributed by atoms with E-state index in [1.54, 1.807) is 4.57 Å². The Balaban J connectivity index is 1.34. The van der Waals surface area contributed by atoms with E-state index in [2.05, 4.69) is 51.7 Å². The maximum Gasteiger partial charge on any atom is 0.359 e. The Morgan fingerprint density at radius 2 is 1.27 bits per heavy atom. The minimum Gasteiger partial charge on any atom is -0.476 e.